The molecule has 0 unspecified atom stereocenters. The third kappa shape index (κ3) is 3.99. The summed E-state index contributed by atoms with van der Waals surface area (Å²) in [6, 6.07) is 11.6. The number of benzene rings is 2. The third-order valence-corrected chi connectivity index (χ3v) is 6.54. The fraction of sp³-hybridized carbons (Fsp3) is 0.143. The molecule has 2 aromatic rings. The van der Waals surface area contributed by atoms with E-state index in [1.807, 2.05) is 28.7 Å². The predicted molar refractivity (Wildman–Crippen MR) is 91.1 cm³/mol. The van der Waals surface area contributed by atoms with Crippen molar-refractivity contribution in [2.24, 2.45) is 0 Å². The number of hydrogen-bond donors (Lipinski definition) is 0. The highest BCUT2D eigenvalue weighted by Gasteiger charge is 2.18. The minimum absolute atomic E-state index is 0.0436. The summed E-state index contributed by atoms with van der Waals surface area (Å²) in [5, 5.41) is 0. The van der Waals surface area contributed by atoms with Crippen LogP contribution in [-0.4, -0.2) is 22.6 Å². The molecule has 0 N–H and O–H groups in total. The van der Waals surface area contributed by atoms with Crippen molar-refractivity contribution in [2.45, 2.75) is 16.7 Å². The number of rotatable bonds is 5. The molecule has 0 aliphatic heterocycles. The summed E-state index contributed by atoms with van der Waals surface area (Å²) in [6.45, 7) is 1.53. The van der Waals surface area contributed by atoms with Crippen LogP contribution >= 0.6 is 22.6 Å². The molecule has 0 aromatic heterocycles. The SMILES string of the molecule is CCS(=O)(=O)c1ccc(S(=O)(=O)Oc2cccc(I)c2)cc1. The van der Waals surface area contributed by atoms with Crippen LogP contribution in [0.3, 0.4) is 0 Å². The molecule has 0 saturated heterocycles. The van der Waals surface area contributed by atoms with Crippen molar-refractivity contribution in [3.05, 3.63) is 52.1 Å². The lowest BCUT2D eigenvalue weighted by molar-refractivity contribution is 0.485. The lowest BCUT2D eigenvalue weighted by Crippen LogP contribution is -2.10. The van der Waals surface area contributed by atoms with Gasteiger partial charge in [-0.1, -0.05) is 13.0 Å². The van der Waals surface area contributed by atoms with Crippen molar-refractivity contribution >= 4 is 42.5 Å². The zero-order chi connectivity index (χ0) is 16.4. The van der Waals surface area contributed by atoms with E-state index in [2.05, 4.69) is 0 Å². The second-order valence-electron chi connectivity index (χ2n) is 4.37. The van der Waals surface area contributed by atoms with Gasteiger partial charge in [0.2, 0.25) is 0 Å². The molecule has 0 fully saturated rings. The molecule has 0 bridgehead atoms. The molecular weight excluding hydrogens is 439 g/mol. The minimum atomic E-state index is -4.00. The Labute approximate surface area is 143 Å². The van der Waals surface area contributed by atoms with Gasteiger partial charge in [0.25, 0.3) is 0 Å². The van der Waals surface area contributed by atoms with Crippen molar-refractivity contribution in [1.82, 2.24) is 0 Å². The maximum atomic E-state index is 12.2. The Bertz CT molecular complexity index is 872. The molecule has 0 atom stereocenters. The first kappa shape index (κ1) is 17.2. The van der Waals surface area contributed by atoms with Crippen LogP contribution in [0.4, 0.5) is 0 Å². The first-order valence-corrected chi connectivity index (χ1v) is 10.4. The Morgan fingerprint density at radius 3 is 2.09 bits per heavy atom. The second-order valence-corrected chi connectivity index (χ2v) is 9.44. The minimum Gasteiger partial charge on any atom is -0.379 e. The summed E-state index contributed by atoms with van der Waals surface area (Å²) in [6.07, 6.45) is 0. The van der Waals surface area contributed by atoms with Gasteiger partial charge in [-0.25, -0.2) is 8.42 Å². The topological polar surface area (TPSA) is 77.5 Å². The van der Waals surface area contributed by atoms with E-state index in [1.54, 1.807) is 12.1 Å². The summed E-state index contributed by atoms with van der Waals surface area (Å²) in [4.78, 5) is -0.00961. The zero-order valence-corrected chi connectivity index (χ0v) is 15.4. The third-order valence-electron chi connectivity index (χ3n) is 2.85. The molecule has 0 amide bonds. The molecular formula is C14H13IO5S2. The molecule has 2 rings (SSSR count). The van der Waals surface area contributed by atoms with Gasteiger partial charge in [-0.2, -0.15) is 8.42 Å². The van der Waals surface area contributed by atoms with E-state index in [-0.39, 0.29) is 21.3 Å². The van der Waals surface area contributed by atoms with Crippen molar-refractivity contribution in [1.29, 1.82) is 0 Å². The fourth-order valence-electron chi connectivity index (χ4n) is 1.67. The molecule has 0 heterocycles. The monoisotopic (exact) mass is 452 g/mol. The highest BCUT2D eigenvalue weighted by atomic mass is 127. The van der Waals surface area contributed by atoms with Crippen LogP contribution in [0.5, 0.6) is 5.75 Å². The average Bonchev–Trinajstić information content (AvgIpc) is 2.47. The van der Waals surface area contributed by atoms with Gasteiger partial charge >= 0.3 is 10.1 Å². The first-order valence-electron chi connectivity index (χ1n) is 6.27. The van der Waals surface area contributed by atoms with Crippen molar-refractivity contribution in [3.8, 4) is 5.75 Å². The summed E-state index contributed by atoms with van der Waals surface area (Å²) >= 11 is 2.05. The smallest absolute Gasteiger partial charge is 0.339 e. The van der Waals surface area contributed by atoms with Crippen molar-refractivity contribution in [3.63, 3.8) is 0 Å². The van der Waals surface area contributed by atoms with E-state index in [4.69, 9.17) is 4.18 Å². The number of halogens is 1. The first-order chi connectivity index (χ1) is 10.2. The van der Waals surface area contributed by atoms with Crippen LogP contribution in [0.1, 0.15) is 6.92 Å². The summed E-state index contributed by atoms with van der Waals surface area (Å²) < 4.78 is 53.6. The molecule has 5 nitrogen and oxygen atoms in total. The molecule has 0 radical (unpaired) electrons. The summed E-state index contributed by atoms with van der Waals surface area (Å²) in [5.74, 6) is 0.162. The summed E-state index contributed by atoms with van der Waals surface area (Å²) in [5.41, 5.74) is 0. The van der Waals surface area contributed by atoms with E-state index >= 15 is 0 Å². The number of hydrogen-bond acceptors (Lipinski definition) is 5. The van der Waals surface area contributed by atoms with Gasteiger partial charge in [0.1, 0.15) is 10.6 Å². The largest absolute Gasteiger partial charge is 0.379 e. The van der Waals surface area contributed by atoms with E-state index < -0.39 is 20.0 Å². The fourth-order valence-corrected chi connectivity index (χ4v) is 4.00. The Morgan fingerprint density at radius 1 is 0.955 bits per heavy atom. The van der Waals surface area contributed by atoms with E-state index in [0.717, 1.165) is 3.57 Å². The van der Waals surface area contributed by atoms with Gasteiger partial charge in [-0.05, 0) is 65.1 Å². The lowest BCUT2D eigenvalue weighted by atomic mass is 10.3. The van der Waals surface area contributed by atoms with Crippen LogP contribution in [0, 0.1) is 3.57 Å². The van der Waals surface area contributed by atoms with Crippen LogP contribution in [0.2, 0.25) is 0 Å². The van der Waals surface area contributed by atoms with Crippen LogP contribution in [-0.2, 0) is 20.0 Å². The van der Waals surface area contributed by atoms with E-state index in [0.29, 0.717) is 0 Å². The average molecular weight is 452 g/mol. The van der Waals surface area contributed by atoms with Gasteiger partial charge in [-0.15, -0.1) is 0 Å². The van der Waals surface area contributed by atoms with Gasteiger partial charge in [-0.3, -0.25) is 0 Å². The zero-order valence-electron chi connectivity index (χ0n) is 11.6. The molecule has 2 aromatic carbocycles. The highest BCUT2D eigenvalue weighted by molar-refractivity contribution is 14.1. The van der Waals surface area contributed by atoms with Crippen LogP contribution < -0.4 is 4.18 Å². The maximum absolute atomic E-state index is 12.2. The molecule has 22 heavy (non-hydrogen) atoms. The second kappa shape index (κ2) is 6.55. The quantitative estimate of drug-likeness (QED) is 0.515. The van der Waals surface area contributed by atoms with E-state index in [9.17, 15) is 16.8 Å². The Morgan fingerprint density at radius 2 is 1.55 bits per heavy atom. The van der Waals surface area contributed by atoms with Gasteiger partial charge in [0, 0.05) is 3.57 Å². The molecule has 0 aliphatic carbocycles. The standard InChI is InChI=1S/C14H13IO5S2/c1-2-21(16,17)13-6-8-14(9-7-13)22(18,19)20-12-5-3-4-11(15)10-12/h3-10H,2H2,1H3. The molecule has 8 heteroatoms. The van der Waals surface area contributed by atoms with Gasteiger partial charge in [0.15, 0.2) is 9.84 Å². The highest BCUT2D eigenvalue weighted by Crippen LogP contribution is 2.22. The van der Waals surface area contributed by atoms with E-state index in [1.165, 1.54) is 37.3 Å². The molecule has 118 valence electrons. The Hall–Kier alpha value is -1.13. The number of sulfone groups is 1. The predicted octanol–water partition coefficient (Wildman–Crippen LogP) is 2.85. The lowest BCUT2D eigenvalue weighted by Gasteiger charge is -2.08. The molecule has 0 saturated carbocycles. The van der Waals surface area contributed by atoms with Gasteiger partial charge < -0.3 is 4.18 Å². The Balaban J connectivity index is 2.31. The maximum Gasteiger partial charge on any atom is 0.339 e. The normalized spacial score (nSPS) is 12.1. The van der Waals surface area contributed by atoms with Crippen LogP contribution in [0.15, 0.2) is 58.3 Å². The van der Waals surface area contributed by atoms with Crippen molar-refractivity contribution in [2.75, 3.05) is 5.75 Å². The van der Waals surface area contributed by atoms with Crippen molar-refractivity contribution < 1.29 is 21.0 Å². The van der Waals surface area contributed by atoms with Crippen LogP contribution in [0.25, 0.3) is 0 Å². The molecule has 0 aliphatic rings. The van der Waals surface area contributed by atoms with Gasteiger partial charge in [0.05, 0.1) is 10.6 Å². The summed E-state index contributed by atoms with van der Waals surface area (Å²) in [7, 11) is -7.36. The molecule has 0 spiro atoms. The Kier molecular flexibility index (Phi) is 5.13.